The van der Waals surface area contributed by atoms with Crippen molar-refractivity contribution in [1.29, 1.82) is 0 Å². The van der Waals surface area contributed by atoms with E-state index in [-0.39, 0.29) is 18.0 Å². The Kier molecular flexibility index (Phi) is 6.26. The number of nitrogens with zero attached hydrogens (tertiary/aromatic N) is 1. The first-order valence-corrected chi connectivity index (χ1v) is 7.90. The van der Waals surface area contributed by atoms with Gasteiger partial charge in [-0.3, -0.25) is 14.9 Å². The average Bonchev–Trinajstić information content (AvgIpc) is 2.62. The molecule has 0 saturated carbocycles. The van der Waals surface area contributed by atoms with Crippen LogP contribution >= 0.6 is 0 Å². The van der Waals surface area contributed by atoms with E-state index in [0.29, 0.717) is 11.3 Å². The van der Waals surface area contributed by atoms with Gasteiger partial charge in [0, 0.05) is 11.8 Å². The molecular weight excluding hydrogens is 340 g/mol. The van der Waals surface area contributed by atoms with Crippen LogP contribution in [0.15, 0.2) is 48.5 Å². The molecule has 0 spiro atoms. The van der Waals surface area contributed by atoms with Crippen LogP contribution < -0.4 is 10.1 Å². The summed E-state index contributed by atoms with van der Waals surface area (Å²) in [6.45, 7) is 3.47. The van der Waals surface area contributed by atoms with Gasteiger partial charge in [-0.05, 0) is 44.2 Å². The number of anilines is 1. The molecule has 0 aliphatic rings. The summed E-state index contributed by atoms with van der Waals surface area (Å²) in [6, 6.07) is 12.0. The molecule has 1 N–H and O–H groups in total. The van der Waals surface area contributed by atoms with Gasteiger partial charge in [-0.2, -0.15) is 0 Å². The highest BCUT2D eigenvalue weighted by molar-refractivity contribution is 5.95. The predicted octanol–water partition coefficient (Wildman–Crippen LogP) is 3.18. The molecule has 0 radical (unpaired) electrons. The van der Waals surface area contributed by atoms with E-state index < -0.39 is 22.9 Å². The summed E-state index contributed by atoms with van der Waals surface area (Å²) in [5.74, 6) is -0.914. The largest absolute Gasteiger partial charge is 0.474 e. The minimum atomic E-state index is -0.958. The maximum absolute atomic E-state index is 12.2. The number of nitro groups is 1. The number of carbonyl (C=O) groups excluding carboxylic acids is 2. The Hall–Kier alpha value is -3.42. The lowest BCUT2D eigenvalue weighted by Gasteiger charge is -2.14. The summed E-state index contributed by atoms with van der Waals surface area (Å²) in [7, 11) is 0. The first kappa shape index (κ1) is 18.9. The molecule has 26 heavy (non-hydrogen) atoms. The summed E-state index contributed by atoms with van der Waals surface area (Å²) in [5.41, 5.74) is 0.612. The van der Waals surface area contributed by atoms with E-state index in [4.69, 9.17) is 9.47 Å². The monoisotopic (exact) mass is 358 g/mol. The third-order valence-electron chi connectivity index (χ3n) is 3.40. The zero-order chi connectivity index (χ0) is 19.1. The van der Waals surface area contributed by atoms with Crippen LogP contribution in [0.3, 0.4) is 0 Å². The lowest BCUT2D eigenvalue weighted by molar-refractivity contribution is -0.386. The molecule has 0 aliphatic heterocycles. The fourth-order valence-corrected chi connectivity index (χ4v) is 2.10. The van der Waals surface area contributed by atoms with Crippen molar-refractivity contribution in [3.05, 3.63) is 64.2 Å². The second-order valence-electron chi connectivity index (χ2n) is 5.27. The van der Waals surface area contributed by atoms with Gasteiger partial charge in [-0.1, -0.05) is 12.1 Å². The number of carbonyl (C=O) groups is 2. The number of esters is 1. The molecule has 0 fully saturated rings. The number of benzene rings is 2. The van der Waals surface area contributed by atoms with Gasteiger partial charge in [-0.15, -0.1) is 0 Å². The van der Waals surface area contributed by atoms with Crippen LogP contribution in [0.1, 0.15) is 24.2 Å². The number of rotatable bonds is 7. The second kappa shape index (κ2) is 8.61. The average molecular weight is 358 g/mol. The van der Waals surface area contributed by atoms with Crippen LogP contribution in [0.4, 0.5) is 11.4 Å². The smallest absolute Gasteiger partial charge is 0.338 e. The van der Waals surface area contributed by atoms with Crippen LogP contribution in [-0.4, -0.2) is 29.5 Å². The van der Waals surface area contributed by atoms with Crippen molar-refractivity contribution in [2.24, 2.45) is 0 Å². The van der Waals surface area contributed by atoms with Crippen LogP contribution in [0.2, 0.25) is 0 Å². The molecule has 2 rings (SSSR count). The van der Waals surface area contributed by atoms with Crippen LogP contribution in [0.5, 0.6) is 5.75 Å². The van der Waals surface area contributed by atoms with Crippen molar-refractivity contribution in [3.63, 3.8) is 0 Å². The van der Waals surface area contributed by atoms with E-state index in [0.717, 1.165) is 0 Å². The van der Waals surface area contributed by atoms with Gasteiger partial charge >= 0.3 is 11.7 Å². The molecule has 2 aromatic carbocycles. The van der Waals surface area contributed by atoms with E-state index in [1.165, 1.54) is 37.3 Å². The third-order valence-corrected chi connectivity index (χ3v) is 3.40. The molecule has 1 amide bonds. The Morgan fingerprint density at radius 1 is 1.15 bits per heavy atom. The van der Waals surface area contributed by atoms with Crippen molar-refractivity contribution in [1.82, 2.24) is 0 Å². The molecule has 8 heteroatoms. The highest BCUT2D eigenvalue weighted by Crippen LogP contribution is 2.27. The molecule has 2 aromatic rings. The number of nitro benzene ring substituents is 1. The fourth-order valence-electron chi connectivity index (χ4n) is 2.10. The van der Waals surface area contributed by atoms with Crippen LogP contribution in [0, 0.1) is 10.1 Å². The number of ether oxygens (including phenoxy) is 2. The van der Waals surface area contributed by atoms with Crippen molar-refractivity contribution < 1.29 is 24.0 Å². The van der Waals surface area contributed by atoms with Crippen LogP contribution in [0.25, 0.3) is 0 Å². The highest BCUT2D eigenvalue weighted by atomic mass is 16.6. The Morgan fingerprint density at radius 2 is 1.81 bits per heavy atom. The van der Waals surface area contributed by atoms with E-state index >= 15 is 0 Å². The summed E-state index contributed by atoms with van der Waals surface area (Å²) in [6.07, 6.45) is -0.958. The first-order chi connectivity index (χ1) is 12.4. The van der Waals surface area contributed by atoms with Gasteiger partial charge in [-0.25, -0.2) is 4.79 Å². The molecule has 1 atom stereocenters. The molecule has 0 bridgehead atoms. The number of nitrogens with one attached hydrogen (secondary N) is 1. The minimum Gasteiger partial charge on any atom is -0.474 e. The fraction of sp³-hybridized carbons (Fsp3) is 0.222. The Bertz CT molecular complexity index is 804. The van der Waals surface area contributed by atoms with Gasteiger partial charge in [0.25, 0.3) is 5.91 Å². The van der Waals surface area contributed by atoms with Gasteiger partial charge < -0.3 is 14.8 Å². The normalized spacial score (nSPS) is 11.3. The van der Waals surface area contributed by atoms with Crippen LogP contribution in [-0.2, 0) is 9.53 Å². The molecule has 1 unspecified atom stereocenters. The summed E-state index contributed by atoms with van der Waals surface area (Å²) >= 11 is 0. The zero-order valence-electron chi connectivity index (χ0n) is 14.3. The first-order valence-electron chi connectivity index (χ1n) is 7.90. The summed E-state index contributed by atoms with van der Waals surface area (Å²) < 4.78 is 10.3. The molecule has 0 heterocycles. The minimum absolute atomic E-state index is 0.0119. The van der Waals surface area contributed by atoms with Crippen molar-refractivity contribution in [2.75, 3.05) is 11.9 Å². The maximum atomic E-state index is 12.2. The number of amides is 1. The quantitative estimate of drug-likeness (QED) is 0.463. The molecule has 136 valence electrons. The molecular formula is C18H18N2O6. The number of hydrogen-bond donors (Lipinski definition) is 1. The van der Waals surface area contributed by atoms with Crippen molar-refractivity contribution in [3.8, 4) is 5.75 Å². The molecule has 0 aromatic heterocycles. The van der Waals surface area contributed by atoms with E-state index in [9.17, 15) is 19.7 Å². The van der Waals surface area contributed by atoms with Crippen molar-refractivity contribution >= 4 is 23.3 Å². The molecule has 8 nitrogen and oxygen atoms in total. The summed E-state index contributed by atoms with van der Waals surface area (Å²) in [4.78, 5) is 34.2. The van der Waals surface area contributed by atoms with Gasteiger partial charge in [0.1, 0.15) is 0 Å². The van der Waals surface area contributed by atoms with E-state index in [2.05, 4.69) is 5.32 Å². The molecule has 0 saturated heterocycles. The Balaban J connectivity index is 2.01. The van der Waals surface area contributed by atoms with Gasteiger partial charge in [0.05, 0.1) is 17.1 Å². The lowest BCUT2D eigenvalue weighted by Crippen LogP contribution is -2.30. The highest BCUT2D eigenvalue weighted by Gasteiger charge is 2.20. The Morgan fingerprint density at radius 3 is 2.42 bits per heavy atom. The maximum Gasteiger partial charge on any atom is 0.338 e. The SMILES string of the molecule is CCOC(=O)c1ccc(NC(=O)C(C)Oc2ccccc2[N+](=O)[O-])cc1. The summed E-state index contributed by atoms with van der Waals surface area (Å²) in [5, 5.41) is 13.6. The molecule has 0 aliphatic carbocycles. The number of hydrogen-bond acceptors (Lipinski definition) is 6. The topological polar surface area (TPSA) is 108 Å². The van der Waals surface area contributed by atoms with Gasteiger partial charge in [0.15, 0.2) is 11.9 Å². The van der Waals surface area contributed by atoms with E-state index in [1.54, 1.807) is 25.1 Å². The van der Waals surface area contributed by atoms with Crippen molar-refractivity contribution in [2.45, 2.75) is 20.0 Å². The lowest BCUT2D eigenvalue weighted by atomic mass is 10.2. The zero-order valence-corrected chi connectivity index (χ0v) is 14.3. The number of para-hydroxylation sites is 2. The Labute approximate surface area is 149 Å². The third kappa shape index (κ3) is 4.79. The predicted molar refractivity (Wildman–Crippen MR) is 94.2 cm³/mol. The second-order valence-corrected chi connectivity index (χ2v) is 5.27. The van der Waals surface area contributed by atoms with Gasteiger partial charge in [0.2, 0.25) is 0 Å². The van der Waals surface area contributed by atoms with E-state index in [1.807, 2.05) is 0 Å². The standard InChI is InChI=1S/C18H18N2O6/c1-3-25-18(22)13-8-10-14(11-9-13)19-17(21)12(2)26-16-7-5-4-6-15(16)20(23)24/h4-12H,3H2,1-2H3,(H,19,21).